The van der Waals surface area contributed by atoms with Crippen LogP contribution in [0.5, 0.6) is 0 Å². The molecule has 0 bridgehead atoms. The van der Waals surface area contributed by atoms with Gasteiger partial charge in [0, 0.05) is 4.88 Å². The number of thiophene rings is 1. The molecule has 0 N–H and O–H groups in total. The Bertz CT molecular complexity index is 961. The lowest BCUT2D eigenvalue weighted by Crippen LogP contribution is -2.31. The second-order valence-corrected chi connectivity index (χ2v) is 7.76. The third-order valence-electron chi connectivity index (χ3n) is 4.65. The maximum Gasteiger partial charge on any atom is 0.348 e. The third-order valence-corrected chi connectivity index (χ3v) is 5.63. The van der Waals surface area contributed by atoms with Crippen molar-refractivity contribution in [2.45, 2.75) is 19.8 Å². The normalized spacial score (nSPS) is 12.7. The fourth-order valence-electron chi connectivity index (χ4n) is 3.36. The smallest absolute Gasteiger partial charge is 0.348 e. The molecule has 1 aliphatic rings. The molecular formula is C22H19NO3S. The van der Waals surface area contributed by atoms with Gasteiger partial charge in [-0.2, -0.15) is 0 Å². The van der Waals surface area contributed by atoms with E-state index in [1.807, 2.05) is 61.5 Å². The van der Waals surface area contributed by atoms with Gasteiger partial charge in [-0.3, -0.25) is 9.69 Å². The lowest BCUT2D eigenvalue weighted by atomic mass is 10.0. The highest BCUT2D eigenvalue weighted by Crippen LogP contribution is 2.36. The van der Waals surface area contributed by atoms with Crippen LogP contribution in [-0.4, -0.2) is 18.5 Å². The van der Waals surface area contributed by atoms with Crippen LogP contribution in [0.4, 0.5) is 11.4 Å². The number of benzene rings is 2. The lowest BCUT2D eigenvalue weighted by molar-refractivity contribution is -0.120. The van der Waals surface area contributed by atoms with Crippen LogP contribution in [0.3, 0.4) is 0 Å². The van der Waals surface area contributed by atoms with Crippen LogP contribution in [0.15, 0.2) is 60.7 Å². The number of rotatable bonds is 3. The Morgan fingerprint density at radius 2 is 1.52 bits per heavy atom. The monoisotopic (exact) mass is 377 g/mol. The van der Waals surface area contributed by atoms with Gasteiger partial charge in [0.1, 0.15) is 4.88 Å². The molecule has 1 amide bonds. The predicted molar refractivity (Wildman–Crippen MR) is 107 cm³/mol. The fourth-order valence-corrected chi connectivity index (χ4v) is 4.12. The molecule has 1 aliphatic heterocycles. The summed E-state index contributed by atoms with van der Waals surface area (Å²) >= 11 is 1.36. The molecule has 4 rings (SSSR count). The largest absolute Gasteiger partial charge is 0.451 e. The Hall–Kier alpha value is -2.92. The summed E-state index contributed by atoms with van der Waals surface area (Å²) in [6.45, 7) is 1.64. The number of amides is 1. The number of hydrogen-bond acceptors (Lipinski definition) is 4. The van der Waals surface area contributed by atoms with Gasteiger partial charge in [-0.05, 0) is 55.2 Å². The van der Waals surface area contributed by atoms with Gasteiger partial charge in [0.2, 0.25) is 0 Å². The Balaban J connectivity index is 1.62. The summed E-state index contributed by atoms with van der Waals surface area (Å²) in [7, 11) is 0. The molecule has 0 unspecified atom stereocenters. The van der Waals surface area contributed by atoms with E-state index in [0.717, 1.165) is 40.2 Å². The quantitative estimate of drug-likeness (QED) is 0.623. The molecule has 2 aromatic carbocycles. The van der Waals surface area contributed by atoms with Crippen molar-refractivity contribution in [2.75, 3.05) is 11.5 Å². The minimum atomic E-state index is -0.460. The molecule has 3 aromatic rings. The van der Waals surface area contributed by atoms with Gasteiger partial charge >= 0.3 is 5.97 Å². The fraction of sp³-hybridized carbons (Fsp3) is 0.182. The number of esters is 1. The zero-order chi connectivity index (χ0) is 18.8. The van der Waals surface area contributed by atoms with Crippen LogP contribution in [0.1, 0.15) is 25.7 Å². The molecule has 0 radical (unpaired) electrons. The number of hydrogen-bond donors (Lipinski definition) is 0. The highest BCUT2D eigenvalue weighted by Gasteiger charge is 2.26. The zero-order valence-electron chi connectivity index (χ0n) is 15.0. The molecule has 0 spiro atoms. The minimum absolute atomic E-state index is 0.251. The van der Waals surface area contributed by atoms with Gasteiger partial charge in [-0.25, -0.2) is 4.79 Å². The van der Waals surface area contributed by atoms with Crippen molar-refractivity contribution in [3.8, 4) is 0 Å². The molecule has 0 saturated heterocycles. The van der Waals surface area contributed by atoms with E-state index < -0.39 is 5.97 Å². The van der Waals surface area contributed by atoms with Crippen molar-refractivity contribution in [1.82, 2.24) is 0 Å². The van der Waals surface area contributed by atoms with Gasteiger partial charge < -0.3 is 4.74 Å². The van der Waals surface area contributed by atoms with Crippen LogP contribution in [0, 0.1) is 6.92 Å². The van der Waals surface area contributed by atoms with Gasteiger partial charge in [-0.1, -0.05) is 36.4 Å². The highest BCUT2D eigenvalue weighted by molar-refractivity contribution is 7.13. The molecule has 27 heavy (non-hydrogen) atoms. The molecule has 4 nitrogen and oxygen atoms in total. The summed E-state index contributed by atoms with van der Waals surface area (Å²) in [5.41, 5.74) is 3.94. The number of anilines is 2. The molecule has 5 heteroatoms. The highest BCUT2D eigenvalue weighted by atomic mass is 32.1. The van der Waals surface area contributed by atoms with E-state index in [2.05, 4.69) is 0 Å². The Morgan fingerprint density at radius 3 is 2.07 bits per heavy atom. The standard InChI is InChI=1S/C22H19NO3S/c1-15-10-13-20(27-15)22(25)26-14-21(24)23-18-8-4-2-6-16(18)11-12-17-7-3-5-9-19(17)23/h2-10,13H,11-12,14H2,1H3. The maximum absolute atomic E-state index is 13.1. The topological polar surface area (TPSA) is 46.6 Å². The van der Waals surface area contributed by atoms with Crippen LogP contribution in [-0.2, 0) is 22.4 Å². The van der Waals surface area contributed by atoms with Crippen molar-refractivity contribution in [3.05, 3.63) is 81.5 Å². The maximum atomic E-state index is 13.1. The minimum Gasteiger partial charge on any atom is -0.451 e. The number of para-hydroxylation sites is 2. The van der Waals surface area contributed by atoms with E-state index in [1.165, 1.54) is 11.3 Å². The number of aryl methyl sites for hydroxylation is 3. The molecule has 0 aliphatic carbocycles. The molecule has 2 heterocycles. The van der Waals surface area contributed by atoms with E-state index in [0.29, 0.717) is 4.88 Å². The first-order chi connectivity index (χ1) is 13.1. The number of ether oxygens (including phenoxy) is 1. The van der Waals surface area contributed by atoms with Gasteiger partial charge in [-0.15, -0.1) is 11.3 Å². The summed E-state index contributed by atoms with van der Waals surface area (Å²) in [4.78, 5) is 28.5. The number of nitrogens with zero attached hydrogens (tertiary/aromatic N) is 1. The van der Waals surface area contributed by atoms with Crippen LogP contribution in [0.2, 0.25) is 0 Å². The van der Waals surface area contributed by atoms with Crippen LogP contribution >= 0.6 is 11.3 Å². The number of fused-ring (bicyclic) bond motifs is 2. The molecule has 0 fully saturated rings. The zero-order valence-corrected chi connectivity index (χ0v) is 15.8. The van der Waals surface area contributed by atoms with Gasteiger partial charge in [0.25, 0.3) is 5.91 Å². The second kappa shape index (κ2) is 7.37. The van der Waals surface area contributed by atoms with Crippen LogP contribution in [0.25, 0.3) is 0 Å². The van der Waals surface area contributed by atoms with Crippen molar-refractivity contribution < 1.29 is 14.3 Å². The molecule has 0 saturated carbocycles. The lowest BCUT2D eigenvalue weighted by Gasteiger charge is -2.24. The van der Waals surface area contributed by atoms with Crippen LogP contribution < -0.4 is 4.90 Å². The summed E-state index contributed by atoms with van der Waals surface area (Å²) < 4.78 is 5.31. The van der Waals surface area contributed by atoms with Gasteiger partial charge in [0.05, 0.1) is 11.4 Å². The third kappa shape index (κ3) is 3.51. The van der Waals surface area contributed by atoms with E-state index >= 15 is 0 Å². The number of carbonyl (C=O) groups is 2. The molecule has 1 aromatic heterocycles. The van der Waals surface area contributed by atoms with Crippen molar-refractivity contribution >= 4 is 34.6 Å². The molecular weight excluding hydrogens is 358 g/mol. The van der Waals surface area contributed by atoms with Gasteiger partial charge in [0.15, 0.2) is 6.61 Å². The summed E-state index contributed by atoms with van der Waals surface area (Å²) in [6, 6.07) is 19.4. The SMILES string of the molecule is Cc1ccc(C(=O)OCC(=O)N2c3ccccc3CCc3ccccc32)s1. The van der Waals surface area contributed by atoms with Crippen molar-refractivity contribution in [2.24, 2.45) is 0 Å². The average molecular weight is 377 g/mol. The van der Waals surface area contributed by atoms with Crippen molar-refractivity contribution in [3.63, 3.8) is 0 Å². The average Bonchev–Trinajstić information content (AvgIpc) is 3.05. The van der Waals surface area contributed by atoms with E-state index in [4.69, 9.17) is 4.74 Å². The Labute approximate surface area is 162 Å². The van der Waals surface area contributed by atoms with E-state index in [9.17, 15) is 9.59 Å². The first-order valence-corrected chi connectivity index (χ1v) is 9.67. The summed E-state index contributed by atoms with van der Waals surface area (Å²) in [6.07, 6.45) is 1.73. The Kier molecular flexibility index (Phi) is 4.77. The summed E-state index contributed by atoms with van der Waals surface area (Å²) in [5, 5.41) is 0. The van der Waals surface area contributed by atoms with Crippen molar-refractivity contribution in [1.29, 1.82) is 0 Å². The first kappa shape index (κ1) is 17.5. The summed E-state index contributed by atoms with van der Waals surface area (Å²) in [5.74, 6) is -0.712. The van der Waals surface area contributed by atoms with E-state index in [1.54, 1.807) is 11.0 Å². The number of carbonyl (C=O) groups excluding carboxylic acids is 2. The second-order valence-electron chi connectivity index (χ2n) is 6.47. The first-order valence-electron chi connectivity index (χ1n) is 8.86. The van der Waals surface area contributed by atoms with E-state index in [-0.39, 0.29) is 12.5 Å². The Morgan fingerprint density at radius 1 is 0.926 bits per heavy atom. The molecule has 136 valence electrons. The molecule has 0 atom stereocenters. The predicted octanol–water partition coefficient (Wildman–Crippen LogP) is 4.68.